The summed E-state index contributed by atoms with van der Waals surface area (Å²) in [5.41, 5.74) is 0.0604. The second-order valence-corrected chi connectivity index (χ2v) is 5.24. The van der Waals surface area contributed by atoms with Gasteiger partial charge < -0.3 is 20.1 Å². The summed E-state index contributed by atoms with van der Waals surface area (Å²) in [7, 11) is 2.00. The van der Waals surface area contributed by atoms with Crippen molar-refractivity contribution in [3.63, 3.8) is 0 Å². The molecular weight excluding hydrogens is 204 g/mol. The predicted molar refractivity (Wildman–Crippen MR) is 67.8 cm³/mol. The Morgan fingerprint density at radius 3 is 2.50 bits per heavy atom. The smallest absolute Gasteiger partial charge is 0.0791 e. The summed E-state index contributed by atoms with van der Waals surface area (Å²) in [4.78, 5) is 2.09. The van der Waals surface area contributed by atoms with Crippen molar-refractivity contribution in [1.29, 1.82) is 0 Å². The molecule has 0 aromatic rings. The number of hydrogen-bond donors (Lipinski definition) is 2. The van der Waals surface area contributed by atoms with Gasteiger partial charge in [0, 0.05) is 31.8 Å². The zero-order valence-electron chi connectivity index (χ0n) is 11.4. The van der Waals surface area contributed by atoms with Gasteiger partial charge in [-0.3, -0.25) is 0 Å². The van der Waals surface area contributed by atoms with E-state index in [1.54, 1.807) is 0 Å². The second-order valence-electron chi connectivity index (χ2n) is 5.24. The molecule has 0 heterocycles. The lowest BCUT2D eigenvalue weighted by Crippen LogP contribution is -2.44. The Morgan fingerprint density at radius 2 is 2.00 bits per heavy atom. The molecule has 0 fully saturated rings. The minimum Gasteiger partial charge on any atom is -0.390 e. The summed E-state index contributed by atoms with van der Waals surface area (Å²) in [6.07, 6.45) is -0.328. The van der Waals surface area contributed by atoms with Crippen LogP contribution < -0.4 is 5.32 Å². The largest absolute Gasteiger partial charge is 0.390 e. The van der Waals surface area contributed by atoms with Crippen molar-refractivity contribution < 1.29 is 9.84 Å². The normalized spacial score (nSPS) is 14.4. The van der Waals surface area contributed by atoms with Crippen molar-refractivity contribution in [3.8, 4) is 0 Å². The fourth-order valence-corrected chi connectivity index (χ4v) is 1.30. The van der Waals surface area contributed by atoms with E-state index >= 15 is 0 Å². The number of rotatable bonds is 8. The minimum absolute atomic E-state index is 0.0604. The van der Waals surface area contributed by atoms with Crippen molar-refractivity contribution in [2.75, 3.05) is 39.9 Å². The molecule has 0 bridgehead atoms. The zero-order chi connectivity index (χ0) is 12.6. The molecule has 0 aromatic carbocycles. The molecular formula is C12H28N2O2. The lowest BCUT2D eigenvalue weighted by molar-refractivity contribution is 0.0857. The average Bonchev–Trinajstić information content (AvgIpc) is 2.14. The van der Waals surface area contributed by atoms with Crippen LogP contribution >= 0.6 is 0 Å². The first-order valence-electron chi connectivity index (χ1n) is 6.04. The predicted octanol–water partition coefficient (Wildman–Crippen LogP) is 0.704. The molecule has 1 atom stereocenters. The standard InChI is InChI=1S/C12H28N2O2/c1-6-16-8-7-14(5)10-11(15)9-13-12(2,3)4/h11,13,15H,6-10H2,1-5H3. The molecule has 0 rings (SSSR count). The monoisotopic (exact) mass is 232 g/mol. The van der Waals surface area contributed by atoms with E-state index in [0.29, 0.717) is 13.1 Å². The fourth-order valence-electron chi connectivity index (χ4n) is 1.30. The van der Waals surface area contributed by atoms with Gasteiger partial charge in [-0.1, -0.05) is 0 Å². The van der Waals surface area contributed by atoms with Crippen LogP contribution in [-0.2, 0) is 4.74 Å². The van der Waals surface area contributed by atoms with E-state index in [4.69, 9.17) is 4.74 Å². The highest BCUT2D eigenvalue weighted by molar-refractivity contribution is 4.74. The average molecular weight is 232 g/mol. The summed E-state index contributed by atoms with van der Waals surface area (Å²) < 4.78 is 5.26. The Hall–Kier alpha value is -0.160. The summed E-state index contributed by atoms with van der Waals surface area (Å²) in [6, 6.07) is 0. The van der Waals surface area contributed by atoms with Gasteiger partial charge in [0.15, 0.2) is 0 Å². The summed E-state index contributed by atoms with van der Waals surface area (Å²) in [5, 5.41) is 13.1. The van der Waals surface area contributed by atoms with Crippen LogP contribution in [0.25, 0.3) is 0 Å². The van der Waals surface area contributed by atoms with Crippen molar-refractivity contribution >= 4 is 0 Å². The summed E-state index contributed by atoms with van der Waals surface area (Å²) >= 11 is 0. The Morgan fingerprint density at radius 1 is 1.38 bits per heavy atom. The highest BCUT2D eigenvalue weighted by Gasteiger charge is 2.13. The van der Waals surface area contributed by atoms with Gasteiger partial charge in [-0.05, 0) is 34.7 Å². The SMILES string of the molecule is CCOCCN(C)CC(O)CNC(C)(C)C. The molecule has 4 heteroatoms. The molecule has 4 nitrogen and oxygen atoms in total. The topological polar surface area (TPSA) is 44.7 Å². The third kappa shape index (κ3) is 10.4. The van der Waals surface area contributed by atoms with E-state index in [2.05, 4.69) is 31.0 Å². The minimum atomic E-state index is -0.328. The van der Waals surface area contributed by atoms with Crippen LogP contribution in [-0.4, -0.2) is 61.5 Å². The van der Waals surface area contributed by atoms with Gasteiger partial charge in [0.25, 0.3) is 0 Å². The maximum atomic E-state index is 9.79. The summed E-state index contributed by atoms with van der Waals surface area (Å²) in [6.45, 7) is 11.9. The van der Waals surface area contributed by atoms with E-state index in [1.165, 1.54) is 0 Å². The van der Waals surface area contributed by atoms with E-state index in [9.17, 15) is 5.11 Å². The van der Waals surface area contributed by atoms with Gasteiger partial charge in [-0.25, -0.2) is 0 Å². The van der Waals surface area contributed by atoms with Gasteiger partial charge >= 0.3 is 0 Å². The molecule has 0 radical (unpaired) electrons. The highest BCUT2D eigenvalue weighted by atomic mass is 16.5. The fraction of sp³-hybridized carbons (Fsp3) is 1.00. The molecule has 0 aliphatic heterocycles. The van der Waals surface area contributed by atoms with Gasteiger partial charge in [0.05, 0.1) is 12.7 Å². The number of β-amino-alcohol motifs (C(OH)–C–C–N with tert-alkyl or cyclic N) is 1. The van der Waals surface area contributed by atoms with E-state index in [-0.39, 0.29) is 11.6 Å². The molecule has 1 unspecified atom stereocenters. The lowest BCUT2D eigenvalue weighted by atomic mass is 10.1. The third-order valence-corrected chi connectivity index (χ3v) is 2.21. The summed E-state index contributed by atoms with van der Waals surface area (Å²) in [5.74, 6) is 0. The van der Waals surface area contributed by atoms with Crippen LogP contribution in [0.15, 0.2) is 0 Å². The maximum absolute atomic E-state index is 9.79. The molecule has 16 heavy (non-hydrogen) atoms. The quantitative estimate of drug-likeness (QED) is 0.605. The molecule has 0 saturated heterocycles. The molecule has 0 aliphatic carbocycles. The second kappa shape index (κ2) is 8.01. The number of ether oxygens (including phenoxy) is 1. The number of nitrogens with zero attached hydrogens (tertiary/aromatic N) is 1. The lowest BCUT2D eigenvalue weighted by Gasteiger charge is -2.25. The van der Waals surface area contributed by atoms with Crippen molar-refractivity contribution in [1.82, 2.24) is 10.2 Å². The Balaban J connectivity index is 3.57. The van der Waals surface area contributed by atoms with Crippen molar-refractivity contribution in [3.05, 3.63) is 0 Å². The van der Waals surface area contributed by atoms with Crippen LogP contribution in [0.5, 0.6) is 0 Å². The number of hydrogen-bond acceptors (Lipinski definition) is 4. The van der Waals surface area contributed by atoms with Crippen LogP contribution in [0.2, 0.25) is 0 Å². The Kier molecular flexibility index (Phi) is 7.93. The number of aliphatic hydroxyl groups excluding tert-OH is 1. The van der Waals surface area contributed by atoms with Crippen LogP contribution in [0.1, 0.15) is 27.7 Å². The van der Waals surface area contributed by atoms with Gasteiger partial charge in [-0.2, -0.15) is 0 Å². The van der Waals surface area contributed by atoms with Crippen LogP contribution in [0.3, 0.4) is 0 Å². The molecule has 0 amide bonds. The number of nitrogens with one attached hydrogen (secondary N) is 1. The van der Waals surface area contributed by atoms with Crippen molar-refractivity contribution in [2.24, 2.45) is 0 Å². The zero-order valence-corrected chi connectivity index (χ0v) is 11.4. The van der Waals surface area contributed by atoms with E-state index < -0.39 is 0 Å². The molecule has 0 saturated carbocycles. The van der Waals surface area contributed by atoms with Crippen LogP contribution in [0, 0.1) is 0 Å². The first kappa shape index (κ1) is 15.8. The molecule has 0 spiro atoms. The van der Waals surface area contributed by atoms with Gasteiger partial charge in [-0.15, -0.1) is 0 Å². The Bertz CT molecular complexity index is 169. The van der Waals surface area contributed by atoms with Gasteiger partial charge in [0.1, 0.15) is 0 Å². The molecule has 0 aromatic heterocycles. The molecule has 98 valence electrons. The van der Waals surface area contributed by atoms with E-state index in [0.717, 1.165) is 19.8 Å². The first-order chi connectivity index (χ1) is 7.35. The van der Waals surface area contributed by atoms with Crippen molar-refractivity contribution in [2.45, 2.75) is 39.3 Å². The number of aliphatic hydroxyl groups is 1. The van der Waals surface area contributed by atoms with Crippen LogP contribution in [0.4, 0.5) is 0 Å². The maximum Gasteiger partial charge on any atom is 0.0791 e. The third-order valence-electron chi connectivity index (χ3n) is 2.21. The Labute approximate surface area is 100.0 Å². The number of likely N-dealkylation sites (N-methyl/N-ethyl adjacent to an activating group) is 1. The van der Waals surface area contributed by atoms with E-state index in [1.807, 2.05) is 14.0 Å². The van der Waals surface area contributed by atoms with Gasteiger partial charge in [0.2, 0.25) is 0 Å². The first-order valence-corrected chi connectivity index (χ1v) is 6.04. The molecule has 0 aliphatic rings. The highest BCUT2D eigenvalue weighted by Crippen LogP contribution is 1.99. The molecule has 2 N–H and O–H groups in total.